The predicted molar refractivity (Wildman–Crippen MR) is 72.8 cm³/mol. The number of rotatable bonds is 6. The van der Waals surface area contributed by atoms with E-state index in [-0.39, 0.29) is 6.61 Å². The minimum absolute atomic E-state index is 0.148. The molecule has 0 spiro atoms. The van der Waals surface area contributed by atoms with Crippen LogP contribution in [-0.4, -0.2) is 53.7 Å². The van der Waals surface area contributed by atoms with Crippen LogP contribution in [0.15, 0.2) is 12.3 Å². The molecule has 1 saturated heterocycles. The molecule has 21 heavy (non-hydrogen) atoms. The Kier molecular flexibility index (Phi) is 5.46. The summed E-state index contributed by atoms with van der Waals surface area (Å²) in [5.74, 6) is 0.527. The molecule has 1 fully saturated rings. The van der Waals surface area contributed by atoms with Crippen molar-refractivity contribution in [2.45, 2.75) is 31.5 Å². The van der Waals surface area contributed by atoms with Crippen LogP contribution < -0.4 is 5.73 Å². The number of hydrogen-bond donors (Lipinski definition) is 1. The zero-order valence-electron chi connectivity index (χ0n) is 11.9. The van der Waals surface area contributed by atoms with Crippen molar-refractivity contribution in [1.29, 1.82) is 0 Å². The molecule has 0 saturated carbocycles. The number of nitrogens with two attached hydrogens (primary N) is 1. The minimum atomic E-state index is -4.23. The van der Waals surface area contributed by atoms with Crippen molar-refractivity contribution in [1.82, 2.24) is 14.7 Å². The fourth-order valence-electron chi connectivity index (χ4n) is 2.54. The highest BCUT2D eigenvalue weighted by molar-refractivity contribution is 5.24. The Bertz CT molecular complexity index is 427. The molecule has 0 aromatic carbocycles. The fraction of sp³-hybridized carbons (Fsp3) is 0.769. The summed E-state index contributed by atoms with van der Waals surface area (Å²) in [6.45, 7) is 1.60. The summed E-state index contributed by atoms with van der Waals surface area (Å²) in [6.07, 6.45) is 0.231. The van der Waals surface area contributed by atoms with Crippen molar-refractivity contribution in [3.8, 4) is 0 Å². The zero-order chi connectivity index (χ0) is 15.3. The van der Waals surface area contributed by atoms with Crippen molar-refractivity contribution in [3.05, 3.63) is 12.3 Å². The first-order valence-electron chi connectivity index (χ1n) is 7.11. The van der Waals surface area contributed by atoms with Gasteiger partial charge >= 0.3 is 6.18 Å². The van der Waals surface area contributed by atoms with E-state index < -0.39 is 12.8 Å². The third kappa shape index (κ3) is 5.55. The van der Waals surface area contributed by atoms with Crippen LogP contribution in [0.1, 0.15) is 25.3 Å². The summed E-state index contributed by atoms with van der Waals surface area (Å²) in [4.78, 5) is 2.25. The molecule has 1 aromatic heterocycles. The van der Waals surface area contributed by atoms with E-state index in [2.05, 4.69) is 14.7 Å². The van der Waals surface area contributed by atoms with Gasteiger partial charge < -0.3 is 15.4 Å². The Morgan fingerprint density at radius 3 is 2.62 bits per heavy atom. The van der Waals surface area contributed by atoms with Gasteiger partial charge in [0.2, 0.25) is 0 Å². The standard InChI is InChI=1S/C13H21F3N4O/c14-13(15,16)10-21-9-1-5-19-6-2-11(3-7-19)20-8-4-12(17)18-20/h4,8,11H,1-3,5-7,9-10H2,(H2,17,18). The lowest BCUT2D eigenvalue weighted by atomic mass is 10.1. The number of halogens is 3. The molecule has 1 aromatic rings. The second-order valence-corrected chi connectivity index (χ2v) is 5.31. The van der Waals surface area contributed by atoms with Crippen molar-refractivity contribution in [2.75, 3.05) is 38.6 Å². The van der Waals surface area contributed by atoms with Crippen molar-refractivity contribution >= 4 is 5.82 Å². The molecule has 0 atom stereocenters. The van der Waals surface area contributed by atoms with Gasteiger partial charge in [-0.15, -0.1) is 0 Å². The lowest BCUT2D eigenvalue weighted by Gasteiger charge is -2.31. The number of piperidine rings is 1. The van der Waals surface area contributed by atoms with Gasteiger partial charge in [0, 0.05) is 32.4 Å². The molecule has 2 heterocycles. The van der Waals surface area contributed by atoms with Gasteiger partial charge in [-0.2, -0.15) is 18.3 Å². The smallest absolute Gasteiger partial charge is 0.382 e. The fourth-order valence-corrected chi connectivity index (χ4v) is 2.54. The Labute approximate surface area is 121 Å². The van der Waals surface area contributed by atoms with Crippen molar-refractivity contribution in [2.24, 2.45) is 0 Å². The predicted octanol–water partition coefficient (Wildman–Crippen LogP) is 2.07. The van der Waals surface area contributed by atoms with Crippen LogP contribution in [0, 0.1) is 0 Å². The Morgan fingerprint density at radius 2 is 2.05 bits per heavy atom. The molecule has 0 radical (unpaired) electrons. The number of hydrogen-bond acceptors (Lipinski definition) is 4. The number of aromatic nitrogens is 2. The number of nitrogen functional groups attached to an aromatic ring is 1. The summed E-state index contributed by atoms with van der Waals surface area (Å²) in [7, 11) is 0. The molecule has 1 aliphatic heterocycles. The SMILES string of the molecule is Nc1ccn(C2CCN(CCCOCC(F)(F)F)CC2)n1. The van der Waals surface area contributed by atoms with E-state index in [1.54, 1.807) is 6.07 Å². The van der Waals surface area contributed by atoms with E-state index >= 15 is 0 Å². The minimum Gasteiger partial charge on any atom is -0.382 e. The molecule has 8 heteroatoms. The highest BCUT2D eigenvalue weighted by Crippen LogP contribution is 2.22. The summed E-state index contributed by atoms with van der Waals surface area (Å²) in [5, 5.41) is 4.22. The summed E-state index contributed by atoms with van der Waals surface area (Å²) in [6, 6.07) is 2.14. The summed E-state index contributed by atoms with van der Waals surface area (Å²) >= 11 is 0. The van der Waals surface area contributed by atoms with Gasteiger partial charge in [-0.3, -0.25) is 4.68 Å². The van der Waals surface area contributed by atoms with Crippen LogP contribution >= 0.6 is 0 Å². The van der Waals surface area contributed by atoms with Gasteiger partial charge in [0.25, 0.3) is 0 Å². The highest BCUT2D eigenvalue weighted by atomic mass is 19.4. The first kappa shape index (κ1) is 16.1. The summed E-state index contributed by atoms with van der Waals surface area (Å²) in [5.41, 5.74) is 5.60. The Morgan fingerprint density at radius 1 is 1.33 bits per heavy atom. The normalized spacial score (nSPS) is 18.2. The third-order valence-corrected chi connectivity index (χ3v) is 3.59. The Balaban J connectivity index is 1.59. The molecule has 0 aliphatic carbocycles. The maximum absolute atomic E-state index is 11.9. The quantitative estimate of drug-likeness (QED) is 0.818. The Hall–Kier alpha value is -1.28. The topological polar surface area (TPSA) is 56.3 Å². The van der Waals surface area contributed by atoms with Crippen LogP contribution in [0.5, 0.6) is 0 Å². The molecule has 2 N–H and O–H groups in total. The molecule has 0 bridgehead atoms. The average molecular weight is 306 g/mol. The average Bonchev–Trinajstić information content (AvgIpc) is 2.84. The molecular weight excluding hydrogens is 285 g/mol. The first-order valence-corrected chi connectivity index (χ1v) is 7.11. The largest absolute Gasteiger partial charge is 0.411 e. The number of ether oxygens (including phenoxy) is 1. The van der Waals surface area contributed by atoms with Crippen molar-refractivity contribution < 1.29 is 17.9 Å². The van der Waals surface area contributed by atoms with E-state index in [1.165, 1.54) is 0 Å². The second-order valence-electron chi connectivity index (χ2n) is 5.31. The maximum atomic E-state index is 11.9. The number of likely N-dealkylation sites (tertiary alicyclic amines) is 1. The molecular formula is C13H21F3N4O. The highest BCUT2D eigenvalue weighted by Gasteiger charge is 2.27. The summed E-state index contributed by atoms with van der Waals surface area (Å²) < 4.78 is 42.2. The van der Waals surface area contributed by atoms with E-state index in [4.69, 9.17) is 5.73 Å². The van der Waals surface area contributed by atoms with Gasteiger partial charge in [-0.1, -0.05) is 0 Å². The monoisotopic (exact) mass is 306 g/mol. The molecule has 0 amide bonds. The number of anilines is 1. The van der Waals surface area contributed by atoms with Crippen molar-refractivity contribution in [3.63, 3.8) is 0 Å². The van der Waals surface area contributed by atoms with Crippen LogP contribution in [-0.2, 0) is 4.74 Å². The maximum Gasteiger partial charge on any atom is 0.411 e. The van der Waals surface area contributed by atoms with E-state index in [0.29, 0.717) is 18.3 Å². The van der Waals surface area contributed by atoms with Crippen LogP contribution in [0.3, 0.4) is 0 Å². The molecule has 2 rings (SSSR count). The molecule has 1 aliphatic rings. The molecule has 0 unspecified atom stereocenters. The van der Waals surface area contributed by atoms with Gasteiger partial charge in [0.1, 0.15) is 12.4 Å². The molecule has 5 nitrogen and oxygen atoms in total. The van der Waals surface area contributed by atoms with E-state index in [1.807, 2.05) is 10.9 Å². The van der Waals surface area contributed by atoms with Gasteiger partial charge in [-0.05, 0) is 25.3 Å². The van der Waals surface area contributed by atoms with Crippen LogP contribution in [0.25, 0.3) is 0 Å². The zero-order valence-corrected chi connectivity index (χ0v) is 11.9. The number of alkyl halides is 3. The van der Waals surface area contributed by atoms with E-state index in [0.717, 1.165) is 32.5 Å². The third-order valence-electron chi connectivity index (χ3n) is 3.59. The van der Waals surface area contributed by atoms with Crippen LogP contribution in [0.4, 0.5) is 19.0 Å². The molecule has 120 valence electrons. The lowest BCUT2D eigenvalue weighted by Crippen LogP contribution is -2.35. The lowest BCUT2D eigenvalue weighted by molar-refractivity contribution is -0.174. The first-order chi connectivity index (χ1) is 9.94. The number of nitrogens with zero attached hydrogens (tertiary/aromatic N) is 3. The van der Waals surface area contributed by atoms with Gasteiger partial charge in [0.05, 0.1) is 6.04 Å². The second kappa shape index (κ2) is 7.13. The van der Waals surface area contributed by atoms with E-state index in [9.17, 15) is 13.2 Å². The van der Waals surface area contributed by atoms with Gasteiger partial charge in [-0.25, -0.2) is 0 Å². The van der Waals surface area contributed by atoms with Gasteiger partial charge in [0.15, 0.2) is 0 Å². The van der Waals surface area contributed by atoms with Crippen LogP contribution in [0.2, 0.25) is 0 Å².